The molecule has 0 bridgehead atoms. The lowest BCUT2D eigenvalue weighted by Crippen LogP contribution is -2.26. The number of hydrogen-bond acceptors (Lipinski definition) is 1. The molecular weight excluding hydrogens is 265 g/mol. The Morgan fingerprint density at radius 2 is 1.57 bits per heavy atom. The minimum Gasteiger partial charge on any atom is -0.341 e. The van der Waals surface area contributed by atoms with Crippen LogP contribution in [0.15, 0.2) is 48.5 Å². The zero-order valence-electron chi connectivity index (χ0n) is 12.5. The van der Waals surface area contributed by atoms with E-state index in [0.29, 0.717) is 19.4 Å². The largest absolute Gasteiger partial charge is 0.341 e. The van der Waals surface area contributed by atoms with E-state index in [1.807, 2.05) is 38.2 Å². The molecule has 0 N–H and O–H groups in total. The molecule has 21 heavy (non-hydrogen) atoms. The fourth-order valence-corrected chi connectivity index (χ4v) is 2.15. The maximum absolute atomic E-state index is 12.8. The summed E-state index contributed by atoms with van der Waals surface area (Å²) in [4.78, 5) is 13.8. The van der Waals surface area contributed by atoms with Crippen LogP contribution in [0.2, 0.25) is 0 Å². The van der Waals surface area contributed by atoms with Crippen LogP contribution in [0.3, 0.4) is 0 Å². The lowest BCUT2D eigenvalue weighted by atomic mass is 10.1. The third-order valence-electron chi connectivity index (χ3n) is 3.51. The van der Waals surface area contributed by atoms with E-state index in [1.54, 1.807) is 17.0 Å². The van der Waals surface area contributed by atoms with Crippen LogP contribution >= 0.6 is 0 Å². The zero-order chi connectivity index (χ0) is 15.2. The number of carbonyl (C=O) groups excluding carboxylic acids is 1. The Hall–Kier alpha value is -2.16. The molecule has 3 heteroatoms. The van der Waals surface area contributed by atoms with Crippen LogP contribution in [0.5, 0.6) is 0 Å². The highest BCUT2D eigenvalue weighted by molar-refractivity contribution is 5.76. The molecule has 0 spiro atoms. The molecule has 1 amide bonds. The SMILES string of the molecule is Cc1ccc(CN(C)C(=O)CCc2ccc(F)cc2)cc1. The molecule has 0 aliphatic carbocycles. The average Bonchev–Trinajstić information content (AvgIpc) is 2.48. The van der Waals surface area contributed by atoms with Gasteiger partial charge in [-0.2, -0.15) is 0 Å². The second-order valence-corrected chi connectivity index (χ2v) is 5.36. The molecule has 0 atom stereocenters. The van der Waals surface area contributed by atoms with E-state index in [4.69, 9.17) is 0 Å². The molecule has 110 valence electrons. The molecule has 0 aliphatic rings. The third kappa shape index (κ3) is 4.71. The fraction of sp³-hybridized carbons (Fsp3) is 0.278. The highest BCUT2D eigenvalue weighted by Crippen LogP contribution is 2.09. The second kappa shape index (κ2) is 7.02. The van der Waals surface area contributed by atoms with E-state index >= 15 is 0 Å². The van der Waals surface area contributed by atoms with E-state index in [2.05, 4.69) is 0 Å². The molecule has 2 rings (SSSR count). The molecule has 0 aliphatic heterocycles. The number of amides is 1. The molecule has 2 aromatic carbocycles. The first-order chi connectivity index (χ1) is 10.0. The highest BCUT2D eigenvalue weighted by atomic mass is 19.1. The summed E-state index contributed by atoms with van der Waals surface area (Å²) in [6, 6.07) is 14.5. The summed E-state index contributed by atoms with van der Waals surface area (Å²) in [6.45, 7) is 2.66. The van der Waals surface area contributed by atoms with Crippen LogP contribution in [0.4, 0.5) is 4.39 Å². The van der Waals surface area contributed by atoms with Crippen LogP contribution in [0.25, 0.3) is 0 Å². The Kier molecular flexibility index (Phi) is 5.09. The monoisotopic (exact) mass is 285 g/mol. The van der Waals surface area contributed by atoms with Crippen molar-refractivity contribution >= 4 is 5.91 Å². The molecule has 0 heterocycles. The van der Waals surface area contributed by atoms with Gasteiger partial charge in [-0.3, -0.25) is 4.79 Å². The summed E-state index contributed by atoms with van der Waals surface area (Å²) in [5.41, 5.74) is 3.32. The zero-order valence-corrected chi connectivity index (χ0v) is 12.5. The maximum Gasteiger partial charge on any atom is 0.222 e. The van der Waals surface area contributed by atoms with Gasteiger partial charge in [-0.15, -0.1) is 0 Å². The lowest BCUT2D eigenvalue weighted by molar-refractivity contribution is -0.130. The molecule has 0 saturated heterocycles. The Balaban J connectivity index is 1.84. The van der Waals surface area contributed by atoms with Gasteiger partial charge in [0.05, 0.1) is 0 Å². The van der Waals surface area contributed by atoms with Gasteiger partial charge in [0.1, 0.15) is 5.82 Å². The lowest BCUT2D eigenvalue weighted by Gasteiger charge is -2.17. The predicted molar refractivity (Wildman–Crippen MR) is 82.4 cm³/mol. The van der Waals surface area contributed by atoms with Crippen LogP contribution in [0.1, 0.15) is 23.1 Å². The highest BCUT2D eigenvalue weighted by Gasteiger charge is 2.09. The Bertz CT molecular complexity index is 590. The van der Waals surface area contributed by atoms with E-state index in [9.17, 15) is 9.18 Å². The molecule has 2 nitrogen and oxygen atoms in total. The average molecular weight is 285 g/mol. The molecule has 2 aromatic rings. The number of rotatable bonds is 5. The van der Waals surface area contributed by atoms with Crippen molar-refractivity contribution in [1.82, 2.24) is 4.90 Å². The van der Waals surface area contributed by atoms with Gasteiger partial charge in [-0.1, -0.05) is 42.0 Å². The first-order valence-electron chi connectivity index (χ1n) is 7.08. The van der Waals surface area contributed by atoms with Crippen LogP contribution < -0.4 is 0 Å². The Morgan fingerprint density at radius 3 is 2.19 bits per heavy atom. The fourth-order valence-electron chi connectivity index (χ4n) is 2.15. The summed E-state index contributed by atoms with van der Waals surface area (Å²) in [6.07, 6.45) is 1.07. The molecular formula is C18H20FNO. The smallest absolute Gasteiger partial charge is 0.222 e. The summed E-state index contributed by atoms with van der Waals surface area (Å²) in [7, 11) is 1.81. The van der Waals surface area contributed by atoms with Crippen molar-refractivity contribution < 1.29 is 9.18 Å². The van der Waals surface area contributed by atoms with Crippen LogP contribution in [-0.4, -0.2) is 17.9 Å². The van der Waals surface area contributed by atoms with Crippen molar-refractivity contribution in [2.75, 3.05) is 7.05 Å². The van der Waals surface area contributed by atoms with E-state index in [0.717, 1.165) is 11.1 Å². The quantitative estimate of drug-likeness (QED) is 0.820. The second-order valence-electron chi connectivity index (χ2n) is 5.36. The van der Waals surface area contributed by atoms with Gasteiger partial charge < -0.3 is 4.90 Å². The minimum atomic E-state index is -0.249. The van der Waals surface area contributed by atoms with Gasteiger partial charge in [-0.05, 0) is 36.6 Å². The van der Waals surface area contributed by atoms with Gasteiger partial charge in [0.25, 0.3) is 0 Å². The van der Waals surface area contributed by atoms with E-state index in [1.165, 1.54) is 17.7 Å². The van der Waals surface area contributed by atoms with Crippen molar-refractivity contribution in [3.05, 3.63) is 71.0 Å². The minimum absolute atomic E-state index is 0.0971. The standard InChI is InChI=1S/C18H20FNO/c1-14-3-5-16(6-4-14)13-20(2)18(21)12-9-15-7-10-17(19)11-8-15/h3-8,10-11H,9,12-13H2,1-2H3. The normalized spacial score (nSPS) is 10.4. The number of aryl methyl sites for hydroxylation is 2. The van der Waals surface area contributed by atoms with Crippen molar-refractivity contribution in [3.63, 3.8) is 0 Å². The van der Waals surface area contributed by atoms with Gasteiger partial charge in [0, 0.05) is 20.0 Å². The first kappa shape index (κ1) is 15.2. The van der Waals surface area contributed by atoms with Crippen LogP contribution in [-0.2, 0) is 17.8 Å². The van der Waals surface area contributed by atoms with Gasteiger partial charge in [-0.25, -0.2) is 4.39 Å². The third-order valence-corrected chi connectivity index (χ3v) is 3.51. The summed E-state index contributed by atoms with van der Waals surface area (Å²) in [5.74, 6) is -0.151. The first-order valence-corrected chi connectivity index (χ1v) is 7.08. The van der Waals surface area contributed by atoms with E-state index < -0.39 is 0 Å². The van der Waals surface area contributed by atoms with Crippen molar-refractivity contribution in [2.45, 2.75) is 26.3 Å². The number of benzene rings is 2. The number of nitrogens with zero attached hydrogens (tertiary/aromatic N) is 1. The molecule has 0 unspecified atom stereocenters. The molecule has 0 aromatic heterocycles. The van der Waals surface area contributed by atoms with Crippen LogP contribution in [0, 0.1) is 12.7 Å². The van der Waals surface area contributed by atoms with Crippen molar-refractivity contribution in [2.24, 2.45) is 0 Å². The van der Waals surface area contributed by atoms with Crippen molar-refractivity contribution in [3.8, 4) is 0 Å². The maximum atomic E-state index is 12.8. The number of hydrogen-bond donors (Lipinski definition) is 0. The number of carbonyl (C=O) groups is 1. The Morgan fingerprint density at radius 1 is 1.00 bits per heavy atom. The topological polar surface area (TPSA) is 20.3 Å². The number of halogens is 1. The molecule has 0 saturated carbocycles. The summed E-state index contributed by atoms with van der Waals surface area (Å²) < 4.78 is 12.8. The molecule has 0 fully saturated rings. The van der Waals surface area contributed by atoms with Crippen molar-refractivity contribution in [1.29, 1.82) is 0 Å². The van der Waals surface area contributed by atoms with Gasteiger partial charge >= 0.3 is 0 Å². The molecule has 0 radical (unpaired) electrons. The Labute approximate surface area is 125 Å². The van der Waals surface area contributed by atoms with E-state index in [-0.39, 0.29) is 11.7 Å². The summed E-state index contributed by atoms with van der Waals surface area (Å²) in [5, 5.41) is 0. The van der Waals surface area contributed by atoms with Gasteiger partial charge in [0.15, 0.2) is 0 Å². The summed E-state index contributed by atoms with van der Waals surface area (Å²) >= 11 is 0. The predicted octanol–water partition coefficient (Wildman–Crippen LogP) is 3.73. The van der Waals surface area contributed by atoms with Gasteiger partial charge in [0.2, 0.25) is 5.91 Å².